The van der Waals surface area contributed by atoms with E-state index in [2.05, 4.69) is 9.88 Å². The summed E-state index contributed by atoms with van der Waals surface area (Å²) >= 11 is 0. The molecule has 0 radical (unpaired) electrons. The van der Waals surface area contributed by atoms with Gasteiger partial charge in [0.15, 0.2) is 0 Å². The van der Waals surface area contributed by atoms with E-state index in [0.717, 1.165) is 43.6 Å². The van der Waals surface area contributed by atoms with Crippen LogP contribution in [0.15, 0.2) is 18.2 Å². The second-order valence-electron chi connectivity index (χ2n) is 5.48. The van der Waals surface area contributed by atoms with E-state index in [1.165, 1.54) is 0 Å². The minimum Gasteiger partial charge on any atom is -0.481 e. The molecule has 1 N–H and O–H groups in total. The molecule has 0 saturated heterocycles. The lowest BCUT2D eigenvalue weighted by atomic mass is 9.83. The number of hydrogen-bond acceptors (Lipinski definition) is 3. The monoisotopic (exact) mass is 262 g/mol. The van der Waals surface area contributed by atoms with Crippen molar-refractivity contribution in [2.45, 2.75) is 45.2 Å². The minimum atomic E-state index is -0.659. The van der Waals surface area contributed by atoms with Crippen LogP contribution in [0.1, 0.15) is 37.1 Å². The third-order valence-corrected chi connectivity index (χ3v) is 3.97. The van der Waals surface area contributed by atoms with Crippen molar-refractivity contribution in [1.29, 1.82) is 0 Å². The Hall–Kier alpha value is -1.42. The lowest BCUT2D eigenvalue weighted by Crippen LogP contribution is -2.43. The maximum atomic E-state index is 11.3. The highest BCUT2D eigenvalue weighted by molar-refractivity contribution is 5.71. The smallest absolute Gasteiger partial charge is 0.308 e. The first kappa shape index (κ1) is 14.0. The molecule has 1 heterocycles. The van der Waals surface area contributed by atoms with E-state index in [-0.39, 0.29) is 12.0 Å². The normalized spacial score (nSPS) is 23.5. The molecule has 2 unspecified atom stereocenters. The van der Waals surface area contributed by atoms with E-state index < -0.39 is 5.97 Å². The summed E-state index contributed by atoms with van der Waals surface area (Å²) in [5, 5.41) is 9.33. The maximum absolute atomic E-state index is 11.3. The standard InChI is InChI=1S/C15H22N2O2/c1-11-6-5-7-12(16-11)10-17(2)14-9-4-3-8-13(14)15(18)19/h5-7,13-14H,3-4,8-10H2,1-2H3,(H,18,19). The predicted octanol–water partition coefficient (Wildman–Crippen LogP) is 2.47. The summed E-state index contributed by atoms with van der Waals surface area (Å²) in [6.45, 7) is 2.69. The van der Waals surface area contributed by atoms with Crippen molar-refractivity contribution in [3.8, 4) is 0 Å². The third-order valence-electron chi connectivity index (χ3n) is 3.97. The van der Waals surface area contributed by atoms with Crippen LogP contribution in [0.25, 0.3) is 0 Å². The van der Waals surface area contributed by atoms with Gasteiger partial charge in [-0.15, -0.1) is 0 Å². The molecule has 104 valence electrons. The molecule has 4 heteroatoms. The largest absolute Gasteiger partial charge is 0.481 e. The molecule has 0 amide bonds. The predicted molar refractivity (Wildman–Crippen MR) is 73.8 cm³/mol. The Morgan fingerprint density at radius 1 is 1.42 bits per heavy atom. The van der Waals surface area contributed by atoms with Crippen LogP contribution in [-0.2, 0) is 11.3 Å². The van der Waals surface area contributed by atoms with Gasteiger partial charge < -0.3 is 5.11 Å². The molecule has 19 heavy (non-hydrogen) atoms. The first-order valence-corrected chi connectivity index (χ1v) is 6.93. The highest BCUT2D eigenvalue weighted by Gasteiger charge is 2.33. The number of aryl methyl sites for hydroxylation is 1. The van der Waals surface area contributed by atoms with Gasteiger partial charge in [-0.3, -0.25) is 14.7 Å². The number of aromatic nitrogens is 1. The summed E-state index contributed by atoms with van der Waals surface area (Å²) in [6, 6.07) is 6.11. The second-order valence-corrected chi connectivity index (χ2v) is 5.48. The molecule has 0 bridgehead atoms. The molecule has 2 rings (SSSR count). The maximum Gasteiger partial charge on any atom is 0.308 e. The van der Waals surface area contributed by atoms with Gasteiger partial charge in [0.1, 0.15) is 0 Å². The summed E-state index contributed by atoms with van der Waals surface area (Å²) < 4.78 is 0. The van der Waals surface area contributed by atoms with Crippen molar-refractivity contribution < 1.29 is 9.90 Å². The Morgan fingerprint density at radius 3 is 2.84 bits per heavy atom. The number of carboxylic acids is 1. The summed E-state index contributed by atoms with van der Waals surface area (Å²) in [4.78, 5) is 18.0. The number of rotatable bonds is 4. The zero-order valence-corrected chi connectivity index (χ0v) is 11.7. The summed E-state index contributed by atoms with van der Waals surface area (Å²) in [5.41, 5.74) is 2.02. The van der Waals surface area contributed by atoms with Gasteiger partial charge in [-0.05, 0) is 38.9 Å². The fourth-order valence-electron chi connectivity index (χ4n) is 2.99. The molecule has 1 aliphatic carbocycles. The quantitative estimate of drug-likeness (QED) is 0.905. The Morgan fingerprint density at radius 2 is 2.16 bits per heavy atom. The van der Waals surface area contributed by atoms with Gasteiger partial charge in [-0.2, -0.15) is 0 Å². The number of hydrogen-bond donors (Lipinski definition) is 1. The van der Waals surface area contributed by atoms with Crippen LogP contribution in [-0.4, -0.2) is 34.0 Å². The van der Waals surface area contributed by atoms with Crippen LogP contribution < -0.4 is 0 Å². The summed E-state index contributed by atoms with van der Waals surface area (Å²) in [5.74, 6) is -0.891. The lowest BCUT2D eigenvalue weighted by Gasteiger charge is -2.35. The van der Waals surface area contributed by atoms with Gasteiger partial charge >= 0.3 is 5.97 Å². The highest BCUT2D eigenvalue weighted by Crippen LogP contribution is 2.28. The number of carboxylic acid groups (broad SMARTS) is 1. The first-order valence-electron chi connectivity index (χ1n) is 6.93. The molecule has 1 aromatic rings. The third kappa shape index (κ3) is 3.53. The van der Waals surface area contributed by atoms with E-state index in [9.17, 15) is 9.90 Å². The van der Waals surface area contributed by atoms with Crippen molar-refractivity contribution in [2.24, 2.45) is 5.92 Å². The molecular weight excluding hydrogens is 240 g/mol. The molecule has 0 aromatic carbocycles. The summed E-state index contributed by atoms with van der Waals surface area (Å²) in [6.07, 6.45) is 3.93. The van der Waals surface area contributed by atoms with Crippen LogP contribution >= 0.6 is 0 Å². The highest BCUT2D eigenvalue weighted by atomic mass is 16.4. The lowest BCUT2D eigenvalue weighted by molar-refractivity contribution is -0.145. The molecular formula is C15H22N2O2. The Labute approximate surface area is 114 Å². The fraction of sp³-hybridized carbons (Fsp3) is 0.600. The van der Waals surface area contributed by atoms with E-state index in [0.29, 0.717) is 0 Å². The van der Waals surface area contributed by atoms with Crippen molar-refractivity contribution in [3.63, 3.8) is 0 Å². The molecule has 1 saturated carbocycles. The van der Waals surface area contributed by atoms with Crippen LogP contribution in [0, 0.1) is 12.8 Å². The molecule has 4 nitrogen and oxygen atoms in total. The van der Waals surface area contributed by atoms with Gasteiger partial charge in [0.25, 0.3) is 0 Å². The first-order chi connectivity index (χ1) is 9.08. The molecule has 0 aliphatic heterocycles. The fourth-order valence-corrected chi connectivity index (χ4v) is 2.99. The van der Waals surface area contributed by atoms with Gasteiger partial charge in [0.05, 0.1) is 11.6 Å². The van der Waals surface area contributed by atoms with Crippen molar-refractivity contribution in [3.05, 3.63) is 29.6 Å². The minimum absolute atomic E-state index is 0.133. The van der Waals surface area contributed by atoms with E-state index in [1.54, 1.807) is 0 Å². The molecule has 1 fully saturated rings. The Kier molecular flexibility index (Phi) is 4.53. The second kappa shape index (κ2) is 6.15. The van der Waals surface area contributed by atoms with Gasteiger partial charge in [0, 0.05) is 18.3 Å². The number of nitrogens with zero attached hydrogens (tertiary/aromatic N) is 2. The zero-order chi connectivity index (χ0) is 13.8. The van der Waals surface area contributed by atoms with Gasteiger partial charge in [-0.1, -0.05) is 18.9 Å². The molecule has 0 spiro atoms. The average Bonchev–Trinajstić information content (AvgIpc) is 2.38. The Bertz CT molecular complexity index is 448. The average molecular weight is 262 g/mol. The van der Waals surface area contributed by atoms with E-state index in [4.69, 9.17) is 0 Å². The number of carbonyl (C=O) groups is 1. The van der Waals surface area contributed by atoms with Crippen molar-refractivity contribution in [1.82, 2.24) is 9.88 Å². The molecule has 2 atom stereocenters. The number of pyridine rings is 1. The van der Waals surface area contributed by atoms with Crippen LogP contribution in [0.2, 0.25) is 0 Å². The van der Waals surface area contributed by atoms with Crippen molar-refractivity contribution >= 4 is 5.97 Å². The van der Waals surface area contributed by atoms with E-state index in [1.807, 2.05) is 32.2 Å². The van der Waals surface area contributed by atoms with Gasteiger partial charge in [0.2, 0.25) is 0 Å². The molecule has 1 aliphatic rings. The van der Waals surface area contributed by atoms with Crippen molar-refractivity contribution in [2.75, 3.05) is 7.05 Å². The van der Waals surface area contributed by atoms with Crippen LogP contribution in [0.4, 0.5) is 0 Å². The van der Waals surface area contributed by atoms with E-state index >= 15 is 0 Å². The summed E-state index contributed by atoms with van der Waals surface area (Å²) in [7, 11) is 2.01. The zero-order valence-electron chi connectivity index (χ0n) is 11.7. The SMILES string of the molecule is Cc1cccc(CN(C)C2CCCCC2C(=O)O)n1. The van der Waals surface area contributed by atoms with Crippen LogP contribution in [0.5, 0.6) is 0 Å². The van der Waals surface area contributed by atoms with Crippen LogP contribution in [0.3, 0.4) is 0 Å². The number of aliphatic carboxylic acids is 1. The Balaban J connectivity index is 2.05. The molecule has 1 aromatic heterocycles. The van der Waals surface area contributed by atoms with Gasteiger partial charge in [-0.25, -0.2) is 0 Å². The topological polar surface area (TPSA) is 53.4 Å².